The molecule has 0 saturated carbocycles. The van der Waals surface area contributed by atoms with Crippen molar-refractivity contribution in [2.75, 3.05) is 0 Å². The van der Waals surface area contributed by atoms with E-state index in [-0.39, 0.29) is 5.56 Å². The van der Waals surface area contributed by atoms with Crippen LogP contribution in [0.3, 0.4) is 0 Å². The van der Waals surface area contributed by atoms with Crippen molar-refractivity contribution in [3.63, 3.8) is 0 Å². The molecule has 0 saturated heterocycles. The summed E-state index contributed by atoms with van der Waals surface area (Å²) in [5.41, 5.74) is 0.567. The highest BCUT2D eigenvalue weighted by Gasteiger charge is 2.09. The summed E-state index contributed by atoms with van der Waals surface area (Å²) in [5.74, 6) is -0.992. The number of hydrogen-bond donors (Lipinski definition) is 1. The molecule has 0 spiro atoms. The summed E-state index contributed by atoms with van der Waals surface area (Å²) in [6.45, 7) is 1.43. The van der Waals surface area contributed by atoms with E-state index in [1.54, 1.807) is 12.3 Å². The number of aromatic nitrogens is 1. The largest absolute Gasteiger partial charge is 0.361 e. The van der Waals surface area contributed by atoms with Crippen molar-refractivity contribution in [1.29, 1.82) is 0 Å². The average Bonchev–Trinajstić information content (AvgIpc) is 2.48. The molecule has 1 aromatic heterocycles. The van der Waals surface area contributed by atoms with E-state index >= 15 is 0 Å². The van der Waals surface area contributed by atoms with Gasteiger partial charge in [0, 0.05) is 17.1 Å². The zero-order valence-corrected chi connectivity index (χ0v) is 6.49. The van der Waals surface area contributed by atoms with Gasteiger partial charge in [-0.25, -0.2) is 8.78 Å². The van der Waals surface area contributed by atoms with Gasteiger partial charge < -0.3 is 4.98 Å². The molecule has 3 heteroatoms. The van der Waals surface area contributed by atoms with Crippen LogP contribution in [0.15, 0.2) is 18.3 Å². The first kappa shape index (κ1) is 7.28. The Labute approximate surface area is 68.0 Å². The Morgan fingerprint density at radius 2 is 2.08 bits per heavy atom. The van der Waals surface area contributed by atoms with E-state index in [1.165, 1.54) is 13.0 Å². The van der Waals surface area contributed by atoms with E-state index in [4.69, 9.17) is 0 Å². The minimum atomic E-state index is -0.512. The number of nitrogens with one attached hydrogen (secondary N) is 1. The smallest absolute Gasteiger partial charge is 0.138 e. The third-order valence-electron chi connectivity index (χ3n) is 1.97. The molecule has 0 unspecified atom stereocenters. The van der Waals surface area contributed by atoms with Crippen molar-refractivity contribution >= 4 is 10.9 Å². The van der Waals surface area contributed by atoms with Crippen LogP contribution < -0.4 is 0 Å². The lowest BCUT2D eigenvalue weighted by Crippen LogP contribution is -1.88. The van der Waals surface area contributed by atoms with Crippen molar-refractivity contribution in [3.05, 3.63) is 35.5 Å². The molecule has 0 fully saturated rings. The van der Waals surface area contributed by atoms with Crippen molar-refractivity contribution in [2.45, 2.75) is 6.92 Å². The molecule has 1 N–H and O–H groups in total. The molecule has 1 nitrogen and oxygen atoms in total. The third-order valence-corrected chi connectivity index (χ3v) is 1.97. The number of fused-ring (bicyclic) bond motifs is 1. The van der Waals surface area contributed by atoms with E-state index in [1.807, 2.05) is 0 Å². The van der Waals surface area contributed by atoms with Gasteiger partial charge in [0.05, 0.1) is 5.52 Å². The molecule has 1 aromatic carbocycles. The first-order valence-corrected chi connectivity index (χ1v) is 3.62. The molecule has 12 heavy (non-hydrogen) atoms. The van der Waals surface area contributed by atoms with Crippen LogP contribution in [-0.2, 0) is 0 Å². The van der Waals surface area contributed by atoms with E-state index in [0.717, 1.165) is 0 Å². The van der Waals surface area contributed by atoms with Gasteiger partial charge in [-0.2, -0.15) is 0 Å². The Balaban J connectivity index is 2.94. The Morgan fingerprint density at radius 1 is 1.33 bits per heavy atom. The number of rotatable bonds is 0. The van der Waals surface area contributed by atoms with Crippen molar-refractivity contribution < 1.29 is 8.78 Å². The number of H-pyrrole nitrogens is 1. The normalized spacial score (nSPS) is 10.9. The van der Waals surface area contributed by atoms with E-state index in [9.17, 15) is 8.78 Å². The monoisotopic (exact) mass is 167 g/mol. The molecule has 0 atom stereocenters. The molecule has 2 rings (SSSR count). The Morgan fingerprint density at radius 3 is 2.83 bits per heavy atom. The third kappa shape index (κ3) is 0.826. The summed E-state index contributed by atoms with van der Waals surface area (Å²) in [4.78, 5) is 2.75. The highest BCUT2D eigenvalue weighted by Crippen LogP contribution is 2.21. The van der Waals surface area contributed by atoms with Gasteiger partial charge in [-0.3, -0.25) is 0 Å². The molecule has 0 aliphatic rings. The van der Waals surface area contributed by atoms with Crippen LogP contribution in [0, 0.1) is 18.6 Å². The number of halogens is 2. The second-order valence-corrected chi connectivity index (χ2v) is 2.74. The lowest BCUT2D eigenvalue weighted by Gasteiger charge is -1.99. The maximum absolute atomic E-state index is 13.2. The standard InChI is InChI=1S/C9H7F2N/c1-5-7(10)4-8-6(9(5)11)2-3-12-8/h2-4,12H,1H3. The van der Waals surface area contributed by atoms with E-state index in [0.29, 0.717) is 10.9 Å². The minimum absolute atomic E-state index is 0.0714. The van der Waals surface area contributed by atoms with Gasteiger partial charge in [-0.1, -0.05) is 0 Å². The number of hydrogen-bond acceptors (Lipinski definition) is 0. The van der Waals surface area contributed by atoms with Gasteiger partial charge in [0.15, 0.2) is 0 Å². The van der Waals surface area contributed by atoms with Crippen LogP contribution in [-0.4, -0.2) is 4.98 Å². The van der Waals surface area contributed by atoms with Gasteiger partial charge in [0.1, 0.15) is 11.6 Å². The highest BCUT2D eigenvalue weighted by molar-refractivity contribution is 5.80. The molecule has 2 aromatic rings. The van der Waals surface area contributed by atoms with E-state index < -0.39 is 11.6 Å². The first-order chi connectivity index (χ1) is 5.70. The Kier molecular flexibility index (Phi) is 1.40. The maximum atomic E-state index is 13.2. The van der Waals surface area contributed by atoms with Crippen molar-refractivity contribution in [3.8, 4) is 0 Å². The van der Waals surface area contributed by atoms with Gasteiger partial charge in [0.25, 0.3) is 0 Å². The van der Waals surface area contributed by atoms with Crippen LogP contribution in [0.4, 0.5) is 8.78 Å². The summed E-state index contributed by atoms with van der Waals surface area (Å²) in [5, 5.41) is 0.439. The molecule has 0 amide bonds. The van der Waals surface area contributed by atoms with Gasteiger partial charge in [-0.05, 0) is 19.1 Å². The minimum Gasteiger partial charge on any atom is -0.361 e. The van der Waals surface area contributed by atoms with Gasteiger partial charge in [-0.15, -0.1) is 0 Å². The van der Waals surface area contributed by atoms with Crippen LogP contribution >= 0.6 is 0 Å². The first-order valence-electron chi connectivity index (χ1n) is 3.62. The fourth-order valence-electron chi connectivity index (χ4n) is 1.23. The molecule has 0 bridgehead atoms. The SMILES string of the molecule is Cc1c(F)cc2[nH]ccc2c1F. The number of aromatic amines is 1. The van der Waals surface area contributed by atoms with Crippen LogP contribution in [0.5, 0.6) is 0 Å². The quantitative estimate of drug-likeness (QED) is 0.621. The Bertz CT molecular complexity index is 431. The second kappa shape index (κ2) is 2.30. The van der Waals surface area contributed by atoms with Crippen LogP contribution in [0.2, 0.25) is 0 Å². The van der Waals surface area contributed by atoms with Gasteiger partial charge in [0.2, 0.25) is 0 Å². The van der Waals surface area contributed by atoms with Crippen molar-refractivity contribution in [2.24, 2.45) is 0 Å². The average molecular weight is 167 g/mol. The fraction of sp³-hybridized carbons (Fsp3) is 0.111. The van der Waals surface area contributed by atoms with E-state index in [2.05, 4.69) is 4.98 Å². The lowest BCUT2D eigenvalue weighted by molar-refractivity contribution is 0.577. The summed E-state index contributed by atoms with van der Waals surface area (Å²) >= 11 is 0. The zero-order chi connectivity index (χ0) is 8.72. The summed E-state index contributed by atoms with van der Waals surface area (Å²) < 4.78 is 26.2. The predicted molar refractivity (Wildman–Crippen MR) is 43.0 cm³/mol. The van der Waals surface area contributed by atoms with Crippen molar-refractivity contribution in [1.82, 2.24) is 4.98 Å². The number of benzene rings is 1. The molecule has 1 heterocycles. The summed E-state index contributed by atoms with van der Waals surface area (Å²) in [7, 11) is 0. The van der Waals surface area contributed by atoms with Crippen LogP contribution in [0.1, 0.15) is 5.56 Å². The predicted octanol–water partition coefficient (Wildman–Crippen LogP) is 2.75. The van der Waals surface area contributed by atoms with Gasteiger partial charge >= 0.3 is 0 Å². The summed E-state index contributed by atoms with van der Waals surface area (Å²) in [6.07, 6.45) is 1.59. The molecule has 0 aliphatic heterocycles. The maximum Gasteiger partial charge on any atom is 0.138 e. The molecule has 0 aliphatic carbocycles. The Hall–Kier alpha value is -1.38. The second-order valence-electron chi connectivity index (χ2n) is 2.74. The van der Waals surface area contributed by atoms with Crippen LogP contribution in [0.25, 0.3) is 10.9 Å². The molecule has 0 radical (unpaired) electrons. The molecular weight excluding hydrogens is 160 g/mol. The highest BCUT2D eigenvalue weighted by atomic mass is 19.1. The fourth-order valence-corrected chi connectivity index (χ4v) is 1.23. The molecule has 62 valence electrons. The zero-order valence-electron chi connectivity index (χ0n) is 6.49. The molecular formula is C9H7F2N. The topological polar surface area (TPSA) is 15.8 Å². The lowest BCUT2D eigenvalue weighted by atomic mass is 10.1. The summed E-state index contributed by atoms with van der Waals surface area (Å²) in [6, 6.07) is 2.89.